The Balaban J connectivity index is 1.41. The minimum atomic E-state index is -3.09. The third kappa shape index (κ3) is 5.25. The summed E-state index contributed by atoms with van der Waals surface area (Å²) >= 11 is 6.18. The highest BCUT2D eigenvalue weighted by molar-refractivity contribution is 7.89. The van der Waals surface area contributed by atoms with E-state index in [4.69, 9.17) is 22.1 Å². The monoisotopic (exact) mass is 462 g/mol. The van der Waals surface area contributed by atoms with E-state index >= 15 is 0 Å². The highest BCUT2D eigenvalue weighted by atomic mass is 35.5. The molecule has 0 aromatic heterocycles. The lowest BCUT2D eigenvalue weighted by Gasteiger charge is -2.38. The van der Waals surface area contributed by atoms with E-state index in [9.17, 15) is 8.42 Å². The van der Waals surface area contributed by atoms with Crippen LogP contribution in [-0.2, 0) is 22.9 Å². The molecular weight excluding hydrogens is 432 g/mol. The number of sulfonamides is 1. The fraction of sp³-hybridized carbons (Fsp3) is 0.500. The van der Waals surface area contributed by atoms with Crippen LogP contribution in [0.5, 0.6) is 5.75 Å². The van der Waals surface area contributed by atoms with Gasteiger partial charge in [0.05, 0.1) is 12.4 Å². The number of hydrogen-bond donors (Lipinski definition) is 1. The second-order valence-corrected chi connectivity index (χ2v) is 11.3. The van der Waals surface area contributed by atoms with Gasteiger partial charge in [-0.3, -0.25) is 0 Å². The molecule has 0 radical (unpaired) electrons. The van der Waals surface area contributed by atoms with Crippen molar-refractivity contribution in [1.82, 2.24) is 4.31 Å². The summed E-state index contributed by atoms with van der Waals surface area (Å²) < 4.78 is 31.8. The normalized spacial score (nSPS) is 22.0. The number of nitrogens with zero attached hydrogens (tertiary/aromatic N) is 1. The van der Waals surface area contributed by atoms with Crippen LogP contribution in [-0.4, -0.2) is 44.2 Å². The Labute approximate surface area is 190 Å². The minimum Gasteiger partial charge on any atom is -0.493 e. The Bertz CT molecular complexity index is 1020. The van der Waals surface area contributed by atoms with E-state index in [1.54, 1.807) is 4.31 Å². The minimum absolute atomic E-state index is 0.102. The number of rotatable bonds is 8. The third-order valence-corrected chi connectivity index (χ3v) is 8.63. The first kappa shape index (κ1) is 22.6. The molecule has 1 aliphatic carbocycles. The van der Waals surface area contributed by atoms with Crippen molar-refractivity contribution >= 4 is 21.6 Å². The topological polar surface area (TPSA) is 72.6 Å². The predicted octanol–water partition coefficient (Wildman–Crippen LogP) is 3.99. The fourth-order valence-corrected chi connectivity index (χ4v) is 6.49. The third-order valence-electron chi connectivity index (χ3n) is 6.39. The van der Waals surface area contributed by atoms with Crippen LogP contribution in [0.2, 0.25) is 5.02 Å². The second-order valence-electron chi connectivity index (χ2n) is 8.81. The van der Waals surface area contributed by atoms with Crippen LogP contribution in [0.15, 0.2) is 42.5 Å². The number of nitrogens with two attached hydrogens (primary N) is 1. The lowest BCUT2D eigenvalue weighted by Crippen LogP contribution is -2.52. The molecule has 2 aromatic carbocycles. The zero-order chi connectivity index (χ0) is 22.0. The molecule has 1 heterocycles. The quantitative estimate of drug-likeness (QED) is 0.643. The van der Waals surface area contributed by atoms with E-state index in [1.165, 1.54) is 16.7 Å². The molecule has 7 heteroatoms. The van der Waals surface area contributed by atoms with E-state index in [-0.39, 0.29) is 23.6 Å². The van der Waals surface area contributed by atoms with Crippen molar-refractivity contribution in [3.8, 4) is 5.75 Å². The van der Waals surface area contributed by atoms with Crippen molar-refractivity contribution in [3.63, 3.8) is 0 Å². The first-order valence-electron chi connectivity index (χ1n) is 11.1. The number of benzene rings is 2. The summed E-state index contributed by atoms with van der Waals surface area (Å²) in [6.45, 7) is 3.52. The maximum absolute atomic E-state index is 12.1. The van der Waals surface area contributed by atoms with Crippen LogP contribution < -0.4 is 10.5 Å². The molecule has 0 amide bonds. The van der Waals surface area contributed by atoms with E-state index in [2.05, 4.69) is 18.2 Å². The van der Waals surface area contributed by atoms with Gasteiger partial charge in [0, 0.05) is 36.0 Å². The zero-order valence-electron chi connectivity index (χ0n) is 18.0. The Hall–Kier alpha value is -1.60. The average Bonchev–Trinajstić information content (AvgIpc) is 2.69. The van der Waals surface area contributed by atoms with Crippen molar-refractivity contribution in [2.75, 3.05) is 25.4 Å². The molecule has 2 atom stereocenters. The summed E-state index contributed by atoms with van der Waals surface area (Å²) in [6, 6.07) is 14.4. The highest BCUT2D eigenvalue weighted by Crippen LogP contribution is 2.36. The van der Waals surface area contributed by atoms with Crippen LogP contribution in [0.25, 0.3) is 0 Å². The van der Waals surface area contributed by atoms with Gasteiger partial charge in [-0.05, 0) is 66.6 Å². The van der Waals surface area contributed by atoms with Gasteiger partial charge in [0.25, 0.3) is 0 Å². The van der Waals surface area contributed by atoms with Gasteiger partial charge in [-0.25, -0.2) is 12.7 Å². The smallest absolute Gasteiger partial charge is 0.214 e. The summed E-state index contributed by atoms with van der Waals surface area (Å²) in [5, 5.41) is 0.745. The molecule has 2 N–H and O–H groups in total. The standard InChI is InChI=1S/C24H31ClN2O3S/c1-2-10-31(28,29)27-14-18(15-27)16-30-21-8-6-19-7-9-24(26)23(22(19)13-21)12-17-4-3-5-20(25)11-17/h3-6,8,11,13,18,23-24H,2,7,9-10,12,14-16,26H2,1H3. The first-order chi connectivity index (χ1) is 14.9. The molecule has 0 spiro atoms. The van der Waals surface area contributed by atoms with Crippen molar-refractivity contribution in [1.29, 1.82) is 0 Å². The molecule has 0 bridgehead atoms. The SMILES string of the molecule is CCCS(=O)(=O)N1CC(COc2ccc3c(c2)C(Cc2cccc(Cl)c2)C(N)CC3)C1. The number of halogens is 1. The van der Waals surface area contributed by atoms with Gasteiger partial charge in [-0.1, -0.05) is 36.7 Å². The summed E-state index contributed by atoms with van der Waals surface area (Å²) in [7, 11) is -3.09. The van der Waals surface area contributed by atoms with Gasteiger partial charge in [-0.2, -0.15) is 0 Å². The van der Waals surface area contributed by atoms with E-state index in [0.717, 1.165) is 30.0 Å². The van der Waals surface area contributed by atoms with Crippen LogP contribution in [0.1, 0.15) is 42.4 Å². The van der Waals surface area contributed by atoms with Crippen LogP contribution in [0.4, 0.5) is 0 Å². The van der Waals surface area contributed by atoms with E-state index in [0.29, 0.717) is 26.1 Å². The maximum Gasteiger partial charge on any atom is 0.214 e. The summed E-state index contributed by atoms with van der Waals surface area (Å²) in [5.41, 5.74) is 10.3. The number of fused-ring (bicyclic) bond motifs is 1. The van der Waals surface area contributed by atoms with E-state index in [1.807, 2.05) is 31.2 Å². The second kappa shape index (κ2) is 9.49. The Kier molecular flexibility index (Phi) is 6.92. The van der Waals surface area contributed by atoms with E-state index < -0.39 is 10.0 Å². The van der Waals surface area contributed by atoms with Gasteiger partial charge in [0.2, 0.25) is 10.0 Å². The maximum atomic E-state index is 12.1. The number of aryl methyl sites for hydroxylation is 1. The zero-order valence-corrected chi connectivity index (χ0v) is 19.5. The van der Waals surface area contributed by atoms with Crippen molar-refractivity contribution in [2.24, 2.45) is 11.7 Å². The molecule has 2 unspecified atom stereocenters. The summed E-state index contributed by atoms with van der Waals surface area (Å²) in [5.74, 6) is 1.52. The van der Waals surface area contributed by atoms with Gasteiger partial charge in [0.1, 0.15) is 5.75 Å². The number of ether oxygens (including phenoxy) is 1. The molecule has 1 aliphatic heterocycles. The molecule has 1 saturated heterocycles. The summed E-state index contributed by atoms with van der Waals surface area (Å²) in [6.07, 6.45) is 3.46. The number of hydrogen-bond acceptors (Lipinski definition) is 4. The van der Waals surface area contributed by atoms with Gasteiger partial charge >= 0.3 is 0 Å². The van der Waals surface area contributed by atoms with Crippen LogP contribution >= 0.6 is 11.6 Å². The first-order valence-corrected chi connectivity index (χ1v) is 13.1. The molecular formula is C24H31ClN2O3S. The molecule has 31 heavy (non-hydrogen) atoms. The average molecular weight is 463 g/mol. The van der Waals surface area contributed by atoms with Gasteiger partial charge in [-0.15, -0.1) is 0 Å². The Morgan fingerprint density at radius 2 is 2.00 bits per heavy atom. The van der Waals surface area contributed by atoms with Gasteiger partial charge < -0.3 is 10.5 Å². The molecule has 1 fully saturated rings. The lowest BCUT2D eigenvalue weighted by molar-refractivity contribution is 0.129. The molecule has 2 aromatic rings. The molecule has 4 rings (SSSR count). The molecule has 5 nitrogen and oxygen atoms in total. The molecule has 168 valence electrons. The molecule has 0 saturated carbocycles. The molecule has 2 aliphatic rings. The van der Waals surface area contributed by atoms with Crippen molar-refractivity contribution < 1.29 is 13.2 Å². The van der Waals surface area contributed by atoms with Crippen molar-refractivity contribution in [3.05, 3.63) is 64.2 Å². The van der Waals surface area contributed by atoms with Crippen LogP contribution in [0.3, 0.4) is 0 Å². The fourth-order valence-electron chi connectivity index (χ4n) is 4.62. The Morgan fingerprint density at radius 1 is 1.19 bits per heavy atom. The van der Waals surface area contributed by atoms with Gasteiger partial charge in [0.15, 0.2) is 0 Å². The lowest BCUT2D eigenvalue weighted by atomic mass is 9.76. The predicted molar refractivity (Wildman–Crippen MR) is 125 cm³/mol. The highest BCUT2D eigenvalue weighted by Gasteiger charge is 2.35. The van der Waals surface area contributed by atoms with Crippen LogP contribution in [0, 0.1) is 5.92 Å². The Morgan fingerprint density at radius 3 is 2.74 bits per heavy atom. The largest absolute Gasteiger partial charge is 0.493 e. The summed E-state index contributed by atoms with van der Waals surface area (Å²) in [4.78, 5) is 0. The van der Waals surface area contributed by atoms with Crippen molar-refractivity contribution in [2.45, 2.75) is 44.6 Å².